The second kappa shape index (κ2) is 5.87. The monoisotopic (exact) mass is 279 g/mol. The molecule has 108 valence electrons. The number of benzene rings is 1. The Morgan fingerprint density at radius 3 is 2.90 bits per heavy atom. The Balaban J connectivity index is 2.17. The van der Waals surface area contributed by atoms with Gasteiger partial charge < -0.3 is 15.4 Å². The van der Waals surface area contributed by atoms with Gasteiger partial charge in [-0.15, -0.1) is 0 Å². The maximum absolute atomic E-state index is 12.3. The van der Waals surface area contributed by atoms with Gasteiger partial charge >= 0.3 is 0 Å². The fourth-order valence-electron chi connectivity index (χ4n) is 2.35. The molecule has 1 aromatic rings. The van der Waals surface area contributed by atoms with E-state index in [1.165, 1.54) is 18.2 Å². The molecule has 0 radical (unpaired) electrons. The van der Waals surface area contributed by atoms with Crippen molar-refractivity contribution in [1.29, 1.82) is 0 Å². The van der Waals surface area contributed by atoms with Gasteiger partial charge in [-0.2, -0.15) is 0 Å². The highest BCUT2D eigenvalue weighted by atomic mass is 16.6. The van der Waals surface area contributed by atoms with E-state index in [1.54, 1.807) is 12.0 Å². The molecule has 1 saturated heterocycles. The second-order valence-electron chi connectivity index (χ2n) is 4.78. The number of methoxy groups -OCH3 is 1. The van der Waals surface area contributed by atoms with E-state index in [0.29, 0.717) is 18.7 Å². The minimum Gasteiger partial charge on any atom is -0.393 e. The summed E-state index contributed by atoms with van der Waals surface area (Å²) in [5.74, 6) is -0.173. The van der Waals surface area contributed by atoms with Crippen molar-refractivity contribution in [3.05, 3.63) is 33.9 Å². The number of likely N-dealkylation sites (tertiary alicyclic amines) is 1. The molecule has 1 fully saturated rings. The van der Waals surface area contributed by atoms with E-state index in [2.05, 4.69) is 0 Å². The van der Waals surface area contributed by atoms with Crippen molar-refractivity contribution in [3.8, 4) is 0 Å². The molecule has 1 aliphatic rings. The summed E-state index contributed by atoms with van der Waals surface area (Å²) in [4.78, 5) is 24.2. The van der Waals surface area contributed by atoms with Gasteiger partial charge in [0.1, 0.15) is 5.69 Å². The number of hydrogen-bond acceptors (Lipinski definition) is 5. The van der Waals surface area contributed by atoms with Crippen molar-refractivity contribution < 1.29 is 14.5 Å². The van der Waals surface area contributed by atoms with E-state index in [9.17, 15) is 14.9 Å². The summed E-state index contributed by atoms with van der Waals surface area (Å²) >= 11 is 0. The van der Waals surface area contributed by atoms with Crippen LogP contribution in [-0.2, 0) is 4.74 Å². The summed E-state index contributed by atoms with van der Waals surface area (Å²) in [5, 5.41) is 10.7. The summed E-state index contributed by atoms with van der Waals surface area (Å²) in [6, 6.07) is 4.06. The number of nitrogens with two attached hydrogens (primary N) is 1. The summed E-state index contributed by atoms with van der Waals surface area (Å²) in [6.45, 7) is 1.20. The maximum Gasteiger partial charge on any atom is 0.292 e. The first-order valence-corrected chi connectivity index (χ1v) is 6.39. The van der Waals surface area contributed by atoms with Gasteiger partial charge in [-0.1, -0.05) is 0 Å². The van der Waals surface area contributed by atoms with Crippen molar-refractivity contribution in [2.75, 3.05) is 25.9 Å². The van der Waals surface area contributed by atoms with Crippen LogP contribution in [0.1, 0.15) is 23.2 Å². The number of nitrogens with zero attached hydrogens (tertiary/aromatic N) is 2. The average Bonchev–Trinajstić information content (AvgIpc) is 2.46. The summed E-state index contributed by atoms with van der Waals surface area (Å²) in [6.07, 6.45) is 1.86. The van der Waals surface area contributed by atoms with Gasteiger partial charge in [-0.05, 0) is 25.0 Å². The number of anilines is 1. The maximum atomic E-state index is 12.3. The molecule has 0 saturated carbocycles. The van der Waals surface area contributed by atoms with Gasteiger partial charge in [0.2, 0.25) is 0 Å². The first kappa shape index (κ1) is 14.3. The van der Waals surface area contributed by atoms with Crippen LogP contribution in [0.15, 0.2) is 18.2 Å². The van der Waals surface area contributed by atoms with Gasteiger partial charge in [-0.25, -0.2) is 0 Å². The normalized spacial score (nSPS) is 18.9. The van der Waals surface area contributed by atoms with Crippen molar-refractivity contribution in [2.45, 2.75) is 18.9 Å². The van der Waals surface area contributed by atoms with Crippen molar-refractivity contribution >= 4 is 17.3 Å². The minimum atomic E-state index is -0.564. The fraction of sp³-hybridized carbons (Fsp3) is 0.462. The van der Waals surface area contributed by atoms with Crippen molar-refractivity contribution in [1.82, 2.24) is 4.90 Å². The number of carbonyl (C=O) groups excluding carboxylic acids is 1. The van der Waals surface area contributed by atoms with Crippen LogP contribution in [0.3, 0.4) is 0 Å². The molecule has 1 atom stereocenters. The molecule has 1 aromatic carbocycles. The topological polar surface area (TPSA) is 98.7 Å². The third-order valence-corrected chi connectivity index (χ3v) is 3.47. The predicted octanol–water partition coefficient (Wildman–Crippen LogP) is 1.43. The lowest BCUT2D eigenvalue weighted by Crippen LogP contribution is -2.42. The third-order valence-electron chi connectivity index (χ3n) is 3.47. The Morgan fingerprint density at radius 1 is 1.55 bits per heavy atom. The Bertz CT molecular complexity index is 532. The number of nitro benzene ring substituents is 1. The predicted molar refractivity (Wildman–Crippen MR) is 73.4 cm³/mol. The lowest BCUT2D eigenvalue weighted by atomic mass is 10.1. The van der Waals surface area contributed by atoms with E-state index >= 15 is 0 Å². The average molecular weight is 279 g/mol. The second-order valence-corrected chi connectivity index (χ2v) is 4.78. The van der Waals surface area contributed by atoms with Gasteiger partial charge in [-0.3, -0.25) is 14.9 Å². The van der Waals surface area contributed by atoms with Crippen LogP contribution in [0.25, 0.3) is 0 Å². The van der Waals surface area contributed by atoms with Crippen molar-refractivity contribution in [3.63, 3.8) is 0 Å². The highest BCUT2D eigenvalue weighted by molar-refractivity contribution is 5.95. The van der Waals surface area contributed by atoms with E-state index in [1.807, 2.05) is 0 Å². The number of ether oxygens (including phenoxy) is 1. The number of amides is 1. The first-order valence-electron chi connectivity index (χ1n) is 6.39. The summed E-state index contributed by atoms with van der Waals surface area (Å²) in [5.41, 5.74) is 5.79. The number of rotatable bonds is 3. The molecular formula is C13H17N3O4. The fourth-order valence-corrected chi connectivity index (χ4v) is 2.35. The molecule has 0 aliphatic carbocycles. The van der Waals surface area contributed by atoms with E-state index in [-0.39, 0.29) is 23.4 Å². The Morgan fingerprint density at radius 2 is 2.30 bits per heavy atom. The Kier molecular flexibility index (Phi) is 4.19. The van der Waals surface area contributed by atoms with Crippen LogP contribution in [0, 0.1) is 10.1 Å². The number of piperidine rings is 1. The van der Waals surface area contributed by atoms with Crippen molar-refractivity contribution in [2.24, 2.45) is 0 Å². The van der Waals surface area contributed by atoms with E-state index in [4.69, 9.17) is 10.5 Å². The molecule has 0 bridgehead atoms. The zero-order chi connectivity index (χ0) is 14.7. The summed E-state index contributed by atoms with van der Waals surface area (Å²) < 4.78 is 5.27. The van der Waals surface area contributed by atoms with E-state index in [0.717, 1.165) is 12.8 Å². The van der Waals surface area contributed by atoms with Gasteiger partial charge in [0.25, 0.3) is 11.6 Å². The number of nitrogen functional groups attached to an aromatic ring is 1. The number of nitro groups is 1. The first-order chi connectivity index (χ1) is 9.52. The van der Waals surface area contributed by atoms with Gasteiger partial charge in [0.15, 0.2) is 0 Å². The highest BCUT2D eigenvalue weighted by Crippen LogP contribution is 2.23. The molecule has 2 rings (SSSR count). The van der Waals surface area contributed by atoms with Crippen LogP contribution < -0.4 is 5.73 Å². The third kappa shape index (κ3) is 2.88. The molecule has 0 aromatic heterocycles. The molecule has 2 N–H and O–H groups in total. The molecule has 7 heteroatoms. The standard InChI is InChI=1S/C13H17N3O4/c1-20-10-3-2-6-15(8-10)13(17)9-4-5-12(16(18)19)11(14)7-9/h4-5,7,10H,2-3,6,8,14H2,1H3. The number of hydrogen-bond donors (Lipinski definition) is 1. The zero-order valence-electron chi connectivity index (χ0n) is 11.2. The minimum absolute atomic E-state index is 0.00107. The van der Waals surface area contributed by atoms with Crippen LogP contribution in [0.2, 0.25) is 0 Å². The molecular weight excluding hydrogens is 262 g/mol. The van der Waals surface area contributed by atoms with Gasteiger partial charge in [0.05, 0.1) is 11.0 Å². The smallest absolute Gasteiger partial charge is 0.292 e. The molecule has 1 unspecified atom stereocenters. The quantitative estimate of drug-likeness (QED) is 0.512. The van der Waals surface area contributed by atoms with Crippen LogP contribution in [0.4, 0.5) is 11.4 Å². The molecule has 0 spiro atoms. The summed E-state index contributed by atoms with van der Waals surface area (Å²) in [7, 11) is 1.63. The molecule has 1 heterocycles. The molecule has 20 heavy (non-hydrogen) atoms. The lowest BCUT2D eigenvalue weighted by Gasteiger charge is -2.32. The van der Waals surface area contributed by atoms with Crippen LogP contribution >= 0.6 is 0 Å². The highest BCUT2D eigenvalue weighted by Gasteiger charge is 2.25. The lowest BCUT2D eigenvalue weighted by molar-refractivity contribution is -0.383. The number of carbonyl (C=O) groups is 1. The Hall–Kier alpha value is -2.15. The Labute approximate surface area is 116 Å². The molecule has 1 aliphatic heterocycles. The molecule has 1 amide bonds. The van der Waals surface area contributed by atoms with E-state index < -0.39 is 4.92 Å². The molecule has 7 nitrogen and oxygen atoms in total. The van der Waals surface area contributed by atoms with Gasteiger partial charge in [0, 0.05) is 31.8 Å². The van der Waals surface area contributed by atoms with Crippen LogP contribution in [-0.4, -0.2) is 42.0 Å². The SMILES string of the molecule is COC1CCCN(C(=O)c2ccc([N+](=O)[O-])c(N)c2)C1. The zero-order valence-corrected chi connectivity index (χ0v) is 11.2. The largest absolute Gasteiger partial charge is 0.393 e. The van der Waals surface area contributed by atoms with Crippen LogP contribution in [0.5, 0.6) is 0 Å².